The lowest BCUT2D eigenvalue weighted by Crippen LogP contribution is -2.07. The van der Waals surface area contributed by atoms with Crippen LogP contribution in [-0.4, -0.2) is 4.98 Å². The zero-order valence-electron chi connectivity index (χ0n) is 6.40. The van der Waals surface area contributed by atoms with Crippen molar-refractivity contribution in [1.29, 1.82) is 0 Å². The molecular formula is C7H6F3IN2. The fourth-order valence-corrected chi connectivity index (χ4v) is 1.29. The largest absolute Gasteiger partial charge is 0.326 e. The predicted octanol–water partition coefficient (Wildman–Crippen LogP) is 2.22. The van der Waals surface area contributed by atoms with Crippen LogP contribution in [0.1, 0.15) is 17.7 Å². The van der Waals surface area contributed by atoms with Gasteiger partial charge in [-0.05, 0) is 34.2 Å². The summed E-state index contributed by atoms with van der Waals surface area (Å²) in [4.78, 5) is 3.42. The number of nitrogens with two attached hydrogens (primary N) is 1. The zero-order valence-corrected chi connectivity index (χ0v) is 8.56. The van der Waals surface area contributed by atoms with E-state index in [1.54, 1.807) is 22.6 Å². The Labute approximate surface area is 86.5 Å². The molecule has 0 saturated carbocycles. The smallest absolute Gasteiger partial charge is 0.280 e. The summed E-state index contributed by atoms with van der Waals surface area (Å²) < 4.78 is 37.3. The van der Waals surface area contributed by atoms with Crippen LogP contribution in [-0.2, 0) is 6.54 Å². The molecule has 0 aliphatic rings. The summed E-state index contributed by atoms with van der Waals surface area (Å²) in [5.74, 6) is -0.620. The fraction of sp³-hybridized carbons (Fsp3) is 0.286. The quantitative estimate of drug-likeness (QED) is 0.672. The predicted molar refractivity (Wildman–Crippen MR) is 49.8 cm³/mol. The highest BCUT2D eigenvalue weighted by molar-refractivity contribution is 14.1. The number of hydrogen-bond donors (Lipinski definition) is 1. The van der Waals surface area contributed by atoms with E-state index in [1.807, 2.05) is 0 Å². The molecule has 0 aliphatic carbocycles. The van der Waals surface area contributed by atoms with Crippen LogP contribution >= 0.6 is 22.6 Å². The maximum absolute atomic E-state index is 12.8. The molecule has 1 heterocycles. The normalized spacial score (nSPS) is 10.9. The molecule has 0 radical (unpaired) electrons. The molecule has 1 rings (SSSR count). The summed E-state index contributed by atoms with van der Waals surface area (Å²) >= 11 is 1.56. The number of aromatic nitrogens is 1. The number of nitrogens with zero attached hydrogens (tertiary/aromatic N) is 1. The van der Waals surface area contributed by atoms with Crippen molar-refractivity contribution in [2.24, 2.45) is 5.73 Å². The lowest BCUT2D eigenvalue weighted by atomic mass is 10.2. The van der Waals surface area contributed by atoms with E-state index in [2.05, 4.69) is 4.98 Å². The molecule has 0 unspecified atom stereocenters. The van der Waals surface area contributed by atoms with Crippen molar-refractivity contribution < 1.29 is 13.2 Å². The van der Waals surface area contributed by atoms with Crippen molar-refractivity contribution in [2.45, 2.75) is 13.0 Å². The SMILES string of the molecule is NCc1cc(F)c(I)nc1C(F)F. The van der Waals surface area contributed by atoms with Gasteiger partial charge in [0.2, 0.25) is 0 Å². The van der Waals surface area contributed by atoms with Gasteiger partial charge >= 0.3 is 0 Å². The number of pyridine rings is 1. The molecular weight excluding hydrogens is 296 g/mol. The van der Waals surface area contributed by atoms with Crippen molar-refractivity contribution in [1.82, 2.24) is 4.98 Å². The van der Waals surface area contributed by atoms with E-state index in [9.17, 15) is 13.2 Å². The van der Waals surface area contributed by atoms with Crippen LogP contribution in [0, 0.1) is 9.52 Å². The number of halogens is 4. The van der Waals surface area contributed by atoms with Crippen LogP contribution in [0.3, 0.4) is 0 Å². The molecule has 0 amide bonds. The molecule has 0 aliphatic heterocycles. The van der Waals surface area contributed by atoms with Crippen molar-refractivity contribution in [3.05, 3.63) is 26.8 Å². The highest BCUT2D eigenvalue weighted by Crippen LogP contribution is 2.23. The zero-order chi connectivity index (χ0) is 10.0. The Morgan fingerprint density at radius 3 is 2.62 bits per heavy atom. The number of rotatable bonds is 2. The lowest BCUT2D eigenvalue weighted by Gasteiger charge is -2.06. The Kier molecular flexibility index (Phi) is 3.48. The van der Waals surface area contributed by atoms with Crippen LogP contribution in [0.25, 0.3) is 0 Å². The van der Waals surface area contributed by atoms with Gasteiger partial charge in [0.05, 0.1) is 0 Å². The topological polar surface area (TPSA) is 38.9 Å². The van der Waals surface area contributed by atoms with Crippen LogP contribution < -0.4 is 5.73 Å². The van der Waals surface area contributed by atoms with Crippen LogP contribution in [0.2, 0.25) is 0 Å². The van der Waals surface area contributed by atoms with Crippen LogP contribution in [0.4, 0.5) is 13.2 Å². The molecule has 2 N–H and O–H groups in total. The molecule has 0 saturated heterocycles. The van der Waals surface area contributed by atoms with Gasteiger partial charge in [-0.1, -0.05) is 0 Å². The summed E-state index contributed by atoms with van der Waals surface area (Å²) in [6.07, 6.45) is -2.72. The Balaban J connectivity index is 3.25. The first-order valence-electron chi connectivity index (χ1n) is 3.39. The second-order valence-electron chi connectivity index (χ2n) is 2.31. The summed E-state index contributed by atoms with van der Waals surface area (Å²) in [6, 6.07) is 0.996. The first kappa shape index (κ1) is 10.7. The Hall–Kier alpha value is -0.370. The highest BCUT2D eigenvalue weighted by atomic mass is 127. The van der Waals surface area contributed by atoms with Gasteiger partial charge in [0.25, 0.3) is 6.43 Å². The average Bonchev–Trinajstić information content (AvgIpc) is 2.08. The van der Waals surface area contributed by atoms with E-state index >= 15 is 0 Å². The van der Waals surface area contributed by atoms with E-state index in [1.165, 1.54) is 0 Å². The molecule has 1 aromatic heterocycles. The number of alkyl halides is 2. The maximum Gasteiger partial charge on any atom is 0.280 e. The monoisotopic (exact) mass is 302 g/mol. The lowest BCUT2D eigenvalue weighted by molar-refractivity contribution is 0.144. The van der Waals surface area contributed by atoms with Crippen LogP contribution in [0.15, 0.2) is 6.07 Å². The molecule has 0 fully saturated rings. The van der Waals surface area contributed by atoms with Gasteiger partial charge in [0.1, 0.15) is 9.39 Å². The van der Waals surface area contributed by atoms with Gasteiger partial charge in [-0.15, -0.1) is 0 Å². The van der Waals surface area contributed by atoms with E-state index in [0.717, 1.165) is 6.07 Å². The van der Waals surface area contributed by atoms with Crippen molar-refractivity contribution in [3.63, 3.8) is 0 Å². The average molecular weight is 302 g/mol. The minimum absolute atomic E-state index is 0.0490. The van der Waals surface area contributed by atoms with Gasteiger partial charge in [-0.25, -0.2) is 18.2 Å². The van der Waals surface area contributed by atoms with Crippen molar-refractivity contribution in [2.75, 3.05) is 0 Å². The molecule has 1 aromatic rings. The summed E-state index contributed by atoms with van der Waals surface area (Å²) in [7, 11) is 0. The third-order valence-corrected chi connectivity index (χ3v) is 2.23. The Morgan fingerprint density at radius 1 is 1.54 bits per heavy atom. The van der Waals surface area contributed by atoms with Gasteiger partial charge < -0.3 is 5.73 Å². The molecule has 0 atom stereocenters. The molecule has 0 aromatic carbocycles. The second-order valence-corrected chi connectivity index (χ2v) is 3.33. The van der Waals surface area contributed by atoms with Gasteiger partial charge in [-0.2, -0.15) is 0 Å². The minimum Gasteiger partial charge on any atom is -0.326 e. The molecule has 0 bridgehead atoms. The molecule has 0 spiro atoms. The van der Waals surface area contributed by atoms with Crippen molar-refractivity contribution in [3.8, 4) is 0 Å². The second kappa shape index (κ2) is 4.23. The first-order chi connectivity index (χ1) is 6.06. The van der Waals surface area contributed by atoms with Crippen molar-refractivity contribution >= 4 is 22.6 Å². The van der Waals surface area contributed by atoms with Gasteiger partial charge in [0, 0.05) is 6.54 Å². The third-order valence-electron chi connectivity index (χ3n) is 1.47. The first-order valence-corrected chi connectivity index (χ1v) is 4.47. The van der Waals surface area contributed by atoms with E-state index < -0.39 is 17.9 Å². The van der Waals surface area contributed by atoms with E-state index in [-0.39, 0.29) is 15.8 Å². The number of hydrogen-bond acceptors (Lipinski definition) is 2. The highest BCUT2D eigenvalue weighted by Gasteiger charge is 2.16. The molecule has 6 heteroatoms. The maximum atomic E-state index is 12.8. The van der Waals surface area contributed by atoms with Gasteiger partial charge in [0.15, 0.2) is 5.82 Å². The van der Waals surface area contributed by atoms with Crippen LogP contribution in [0.5, 0.6) is 0 Å². The minimum atomic E-state index is -2.72. The molecule has 2 nitrogen and oxygen atoms in total. The van der Waals surface area contributed by atoms with Gasteiger partial charge in [-0.3, -0.25) is 0 Å². The molecule has 13 heavy (non-hydrogen) atoms. The third kappa shape index (κ3) is 2.31. The Morgan fingerprint density at radius 2 is 2.15 bits per heavy atom. The summed E-state index contributed by atoms with van der Waals surface area (Å²) in [6.45, 7) is -0.138. The molecule has 72 valence electrons. The Bertz CT molecular complexity index is 317. The fourth-order valence-electron chi connectivity index (χ4n) is 0.870. The van der Waals surface area contributed by atoms with E-state index in [0.29, 0.717) is 0 Å². The summed E-state index contributed by atoms with van der Waals surface area (Å²) in [5, 5.41) is 0. The standard InChI is InChI=1S/C7H6F3IN2/c8-4-1-3(2-12)5(6(9)10)13-7(4)11/h1,6H,2,12H2. The van der Waals surface area contributed by atoms with E-state index in [4.69, 9.17) is 5.73 Å². The summed E-state index contributed by atoms with van der Waals surface area (Å²) in [5.41, 5.74) is 4.78.